The molecule has 98 valence electrons. The average Bonchev–Trinajstić information content (AvgIpc) is 2.65. The highest BCUT2D eigenvalue weighted by molar-refractivity contribution is 5.75. The van der Waals surface area contributed by atoms with Crippen LogP contribution in [0.3, 0.4) is 0 Å². The number of benzene rings is 1. The topological polar surface area (TPSA) is 32.3 Å². The van der Waals surface area contributed by atoms with E-state index in [0.29, 0.717) is 0 Å². The first-order valence-corrected chi connectivity index (χ1v) is 6.21. The lowest BCUT2D eigenvalue weighted by Crippen LogP contribution is -2.48. The minimum Gasteiger partial charge on any atom is -0.341 e. The molecule has 1 saturated heterocycles. The lowest BCUT2D eigenvalue weighted by atomic mass is 9.83. The summed E-state index contributed by atoms with van der Waals surface area (Å²) < 4.78 is 13.0. The second-order valence-corrected chi connectivity index (χ2v) is 5.25. The van der Waals surface area contributed by atoms with Crippen molar-refractivity contribution >= 4 is 6.03 Å². The molecular weight excluding hydrogens is 231 g/mol. The molecule has 0 radical (unpaired) electrons. The van der Waals surface area contributed by atoms with Crippen molar-refractivity contribution in [2.45, 2.75) is 31.7 Å². The lowest BCUT2D eigenvalue weighted by Gasteiger charge is -2.36. The molecule has 0 aromatic heterocycles. The van der Waals surface area contributed by atoms with E-state index < -0.39 is 0 Å². The maximum atomic E-state index is 13.0. The van der Waals surface area contributed by atoms with E-state index >= 15 is 0 Å². The molecule has 2 amide bonds. The van der Waals surface area contributed by atoms with E-state index in [4.69, 9.17) is 0 Å². The van der Waals surface area contributed by atoms with Crippen LogP contribution in [0.5, 0.6) is 0 Å². The molecule has 0 aliphatic carbocycles. The Morgan fingerprint density at radius 1 is 1.39 bits per heavy atom. The summed E-state index contributed by atoms with van der Waals surface area (Å²) in [5.74, 6) is 0.0214. The standard InChI is InChI=1S/C14H19FN2O/c1-14(2)12(8-9-17(14)13(18)16-3)10-4-6-11(15)7-5-10/h4-7,12H,8-9H2,1-3H3,(H,16,18). The molecule has 1 heterocycles. The molecule has 1 aliphatic heterocycles. The summed E-state index contributed by atoms with van der Waals surface area (Å²) in [6.07, 6.45) is 0.909. The van der Waals surface area contributed by atoms with Gasteiger partial charge in [-0.05, 0) is 38.0 Å². The van der Waals surface area contributed by atoms with Crippen LogP contribution >= 0.6 is 0 Å². The molecule has 1 aliphatic rings. The molecule has 2 rings (SSSR count). The minimum absolute atomic E-state index is 0.0513. The Hall–Kier alpha value is -1.58. The second-order valence-electron chi connectivity index (χ2n) is 5.25. The summed E-state index contributed by atoms with van der Waals surface area (Å²) in [6, 6.07) is 6.54. The Morgan fingerprint density at radius 3 is 2.56 bits per heavy atom. The van der Waals surface area contributed by atoms with Crippen molar-refractivity contribution in [1.82, 2.24) is 10.2 Å². The fourth-order valence-corrected chi connectivity index (χ4v) is 2.86. The van der Waals surface area contributed by atoms with Crippen LogP contribution in [-0.2, 0) is 0 Å². The van der Waals surface area contributed by atoms with E-state index in [-0.39, 0.29) is 23.3 Å². The van der Waals surface area contributed by atoms with Gasteiger partial charge in [0.15, 0.2) is 0 Å². The highest BCUT2D eigenvalue weighted by atomic mass is 19.1. The third-order valence-corrected chi connectivity index (χ3v) is 3.92. The molecule has 1 atom stereocenters. The van der Waals surface area contributed by atoms with Crippen molar-refractivity contribution in [2.75, 3.05) is 13.6 Å². The predicted octanol–water partition coefficient (Wildman–Crippen LogP) is 2.73. The fourth-order valence-electron chi connectivity index (χ4n) is 2.86. The zero-order chi connectivity index (χ0) is 13.3. The number of hydrogen-bond donors (Lipinski definition) is 1. The van der Waals surface area contributed by atoms with Crippen LogP contribution in [-0.4, -0.2) is 30.1 Å². The molecule has 0 spiro atoms. The normalized spacial score (nSPS) is 22.0. The van der Waals surface area contributed by atoms with E-state index in [2.05, 4.69) is 19.2 Å². The summed E-state index contributed by atoms with van der Waals surface area (Å²) in [5.41, 5.74) is 0.838. The number of carbonyl (C=O) groups is 1. The van der Waals surface area contributed by atoms with Gasteiger partial charge in [0.1, 0.15) is 5.82 Å². The number of halogens is 1. The molecule has 1 aromatic rings. The number of carbonyl (C=O) groups excluding carboxylic acids is 1. The Balaban J connectivity index is 2.26. The molecule has 1 N–H and O–H groups in total. The number of nitrogens with one attached hydrogen (secondary N) is 1. The van der Waals surface area contributed by atoms with Crippen molar-refractivity contribution in [2.24, 2.45) is 0 Å². The Bertz CT molecular complexity index is 442. The zero-order valence-electron chi connectivity index (χ0n) is 11.0. The van der Waals surface area contributed by atoms with Gasteiger partial charge >= 0.3 is 6.03 Å². The number of urea groups is 1. The number of likely N-dealkylation sites (tertiary alicyclic amines) is 1. The van der Waals surface area contributed by atoms with Gasteiger partial charge in [-0.1, -0.05) is 12.1 Å². The van der Waals surface area contributed by atoms with Crippen LogP contribution in [0.15, 0.2) is 24.3 Å². The van der Waals surface area contributed by atoms with Gasteiger partial charge in [-0.3, -0.25) is 0 Å². The summed E-state index contributed by atoms with van der Waals surface area (Å²) in [5, 5.41) is 2.67. The SMILES string of the molecule is CNC(=O)N1CCC(c2ccc(F)cc2)C1(C)C. The summed E-state index contributed by atoms with van der Waals surface area (Å²) in [6.45, 7) is 4.85. The predicted molar refractivity (Wildman–Crippen MR) is 69.0 cm³/mol. The van der Waals surface area contributed by atoms with Crippen LogP contribution in [0.25, 0.3) is 0 Å². The van der Waals surface area contributed by atoms with Gasteiger partial charge in [0.2, 0.25) is 0 Å². The average molecular weight is 250 g/mol. The highest BCUT2D eigenvalue weighted by Crippen LogP contribution is 2.41. The molecule has 1 fully saturated rings. The largest absolute Gasteiger partial charge is 0.341 e. The Morgan fingerprint density at radius 2 is 2.00 bits per heavy atom. The summed E-state index contributed by atoms with van der Waals surface area (Å²) >= 11 is 0. The Kier molecular flexibility index (Phi) is 3.28. The van der Waals surface area contributed by atoms with Gasteiger partial charge in [0.05, 0.1) is 0 Å². The van der Waals surface area contributed by atoms with E-state index in [0.717, 1.165) is 18.5 Å². The van der Waals surface area contributed by atoms with Crippen molar-refractivity contribution in [1.29, 1.82) is 0 Å². The van der Waals surface area contributed by atoms with E-state index in [9.17, 15) is 9.18 Å². The van der Waals surface area contributed by atoms with E-state index in [1.165, 1.54) is 12.1 Å². The maximum absolute atomic E-state index is 13.0. The molecule has 3 nitrogen and oxygen atoms in total. The minimum atomic E-state index is -0.252. The van der Waals surface area contributed by atoms with Crippen molar-refractivity contribution in [3.05, 3.63) is 35.6 Å². The first kappa shape index (κ1) is 12.9. The van der Waals surface area contributed by atoms with Crippen molar-refractivity contribution in [3.8, 4) is 0 Å². The summed E-state index contributed by atoms with van der Waals surface area (Å²) in [4.78, 5) is 13.7. The van der Waals surface area contributed by atoms with Crippen molar-refractivity contribution < 1.29 is 9.18 Å². The third-order valence-electron chi connectivity index (χ3n) is 3.92. The number of hydrogen-bond acceptors (Lipinski definition) is 1. The van der Waals surface area contributed by atoms with E-state index in [1.807, 2.05) is 17.0 Å². The van der Waals surface area contributed by atoms with Gasteiger partial charge in [0, 0.05) is 25.0 Å². The van der Waals surface area contributed by atoms with Crippen LogP contribution in [0.2, 0.25) is 0 Å². The lowest BCUT2D eigenvalue weighted by molar-refractivity contribution is 0.160. The van der Waals surface area contributed by atoms with E-state index in [1.54, 1.807) is 7.05 Å². The van der Waals surface area contributed by atoms with Gasteiger partial charge < -0.3 is 10.2 Å². The molecule has 4 heteroatoms. The monoisotopic (exact) mass is 250 g/mol. The molecule has 1 unspecified atom stereocenters. The second kappa shape index (κ2) is 4.59. The Labute approximate surface area is 107 Å². The van der Waals surface area contributed by atoms with Gasteiger partial charge in [-0.25, -0.2) is 9.18 Å². The van der Waals surface area contributed by atoms with Crippen LogP contribution in [0, 0.1) is 5.82 Å². The first-order chi connectivity index (χ1) is 8.46. The van der Waals surface area contributed by atoms with Crippen LogP contribution in [0.4, 0.5) is 9.18 Å². The smallest absolute Gasteiger partial charge is 0.317 e. The molecule has 1 aromatic carbocycles. The van der Waals surface area contributed by atoms with Gasteiger partial charge in [-0.15, -0.1) is 0 Å². The zero-order valence-corrected chi connectivity index (χ0v) is 11.0. The third kappa shape index (κ3) is 2.07. The van der Waals surface area contributed by atoms with Crippen LogP contribution in [0.1, 0.15) is 31.7 Å². The molecule has 0 saturated carbocycles. The molecular formula is C14H19FN2O. The number of amides is 2. The van der Waals surface area contributed by atoms with Crippen LogP contribution < -0.4 is 5.32 Å². The van der Waals surface area contributed by atoms with Gasteiger partial charge in [0.25, 0.3) is 0 Å². The number of rotatable bonds is 1. The highest BCUT2D eigenvalue weighted by Gasteiger charge is 2.44. The quantitative estimate of drug-likeness (QED) is 0.816. The first-order valence-electron chi connectivity index (χ1n) is 6.21. The summed E-state index contributed by atoms with van der Waals surface area (Å²) in [7, 11) is 1.64. The fraction of sp³-hybridized carbons (Fsp3) is 0.500. The number of nitrogens with zero attached hydrogens (tertiary/aromatic N) is 1. The van der Waals surface area contributed by atoms with Crippen molar-refractivity contribution in [3.63, 3.8) is 0 Å². The molecule has 18 heavy (non-hydrogen) atoms. The van der Waals surface area contributed by atoms with Gasteiger partial charge in [-0.2, -0.15) is 0 Å². The maximum Gasteiger partial charge on any atom is 0.317 e. The molecule has 0 bridgehead atoms.